The molecule has 0 spiro atoms. The number of carbonyl (C=O) groups excluding carboxylic acids is 3. The van der Waals surface area contributed by atoms with Gasteiger partial charge in [0, 0.05) is 18.4 Å². The van der Waals surface area contributed by atoms with Gasteiger partial charge >= 0.3 is 5.97 Å². The van der Waals surface area contributed by atoms with Crippen LogP contribution in [0.1, 0.15) is 11.1 Å². The maximum atomic E-state index is 12.0. The maximum Gasteiger partial charge on any atom is 0.326 e. The van der Waals surface area contributed by atoms with Gasteiger partial charge in [-0.15, -0.1) is 0 Å². The highest BCUT2D eigenvalue weighted by Gasteiger charge is 2.24. The third-order valence-electron chi connectivity index (χ3n) is 3.70. The number of amides is 2. The van der Waals surface area contributed by atoms with Gasteiger partial charge < -0.3 is 15.0 Å². The van der Waals surface area contributed by atoms with E-state index >= 15 is 0 Å². The van der Waals surface area contributed by atoms with Crippen LogP contribution < -0.4 is 5.32 Å². The number of hydrogen-bond donors (Lipinski definition) is 1. The van der Waals surface area contributed by atoms with Crippen molar-refractivity contribution in [3.05, 3.63) is 33.4 Å². The lowest BCUT2D eigenvalue weighted by Gasteiger charge is -2.14. The number of nitrogens with zero attached hydrogens (tertiary/aromatic N) is 2. The first-order valence-corrected chi connectivity index (χ1v) is 8.40. The standard InChI is InChI=1S/C15H17N3O6S/c1-9-3-4-11(18(22)23)14(10(9)2)16-12(19)8-24-13(20)7-17-5-6-25-15(17)21/h3-4H,5-8H2,1-2H3,(H,16,19). The molecule has 10 heteroatoms. The average Bonchev–Trinajstić information content (AvgIpc) is 2.94. The second kappa shape index (κ2) is 7.97. The number of nitro benzene ring substituents is 1. The van der Waals surface area contributed by atoms with Gasteiger partial charge in [-0.25, -0.2) is 0 Å². The summed E-state index contributed by atoms with van der Waals surface area (Å²) in [6.07, 6.45) is 0. The molecule has 1 aromatic carbocycles. The Morgan fingerprint density at radius 3 is 2.72 bits per heavy atom. The molecule has 1 aromatic rings. The zero-order valence-corrected chi connectivity index (χ0v) is 14.6. The maximum absolute atomic E-state index is 12.0. The normalized spacial score (nSPS) is 13.7. The lowest BCUT2D eigenvalue weighted by Crippen LogP contribution is -2.32. The van der Waals surface area contributed by atoms with Gasteiger partial charge in [-0.1, -0.05) is 17.8 Å². The average molecular weight is 367 g/mol. The fraction of sp³-hybridized carbons (Fsp3) is 0.400. The van der Waals surface area contributed by atoms with E-state index in [1.807, 2.05) is 0 Å². The molecule has 0 unspecified atom stereocenters. The highest BCUT2D eigenvalue weighted by atomic mass is 32.2. The predicted octanol–water partition coefficient (Wildman–Crippen LogP) is 1.86. The molecule has 0 saturated carbocycles. The van der Waals surface area contributed by atoms with E-state index in [1.54, 1.807) is 19.9 Å². The Kier molecular flexibility index (Phi) is 5.97. The fourth-order valence-electron chi connectivity index (χ4n) is 2.20. The predicted molar refractivity (Wildman–Crippen MR) is 91.6 cm³/mol. The van der Waals surface area contributed by atoms with E-state index in [4.69, 9.17) is 4.74 Å². The summed E-state index contributed by atoms with van der Waals surface area (Å²) in [5, 5.41) is 13.3. The number of nitrogens with one attached hydrogen (secondary N) is 1. The van der Waals surface area contributed by atoms with Crippen molar-refractivity contribution < 1.29 is 24.0 Å². The summed E-state index contributed by atoms with van der Waals surface area (Å²) in [6, 6.07) is 2.90. The van der Waals surface area contributed by atoms with Crippen LogP contribution in [0.2, 0.25) is 0 Å². The number of esters is 1. The first-order valence-electron chi connectivity index (χ1n) is 7.41. The van der Waals surface area contributed by atoms with E-state index in [2.05, 4.69) is 5.32 Å². The molecule has 1 N–H and O–H groups in total. The third kappa shape index (κ3) is 4.69. The second-order valence-corrected chi connectivity index (χ2v) is 6.45. The van der Waals surface area contributed by atoms with Gasteiger partial charge in [0.05, 0.1) is 4.92 Å². The molecule has 0 aliphatic carbocycles. The molecule has 25 heavy (non-hydrogen) atoms. The Balaban J connectivity index is 1.94. The lowest BCUT2D eigenvalue weighted by atomic mass is 10.1. The van der Waals surface area contributed by atoms with Crippen LogP contribution in [0.4, 0.5) is 16.2 Å². The van der Waals surface area contributed by atoms with Crippen LogP contribution in [0.25, 0.3) is 0 Å². The monoisotopic (exact) mass is 367 g/mol. The topological polar surface area (TPSA) is 119 Å². The van der Waals surface area contributed by atoms with E-state index in [1.165, 1.54) is 11.0 Å². The molecule has 0 bridgehead atoms. The minimum Gasteiger partial charge on any atom is -0.454 e. The molecule has 9 nitrogen and oxygen atoms in total. The van der Waals surface area contributed by atoms with Crippen molar-refractivity contribution >= 4 is 40.3 Å². The van der Waals surface area contributed by atoms with Crippen LogP contribution in [0.3, 0.4) is 0 Å². The van der Waals surface area contributed by atoms with Crippen LogP contribution in [0.15, 0.2) is 12.1 Å². The summed E-state index contributed by atoms with van der Waals surface area (Å²) < 4.78 is 4.83. The smallest absolute Gasteiger partial charge is 0.326 e. The lowest BCUT2D eigenvalue weighted by molar-refractivity contribution is -0.384. The van der Waals surface area contributed by atoms with Crippen molar-refractivity contribution in [2.45, 2.75) is 13.8 Å². The molecule has 1 fully saturated rings. The minimum atomic E-state index is -0.707. The highest BCUT2D eigenvalue weighted by Crippen LogP contribution is 2.30. The summed E-state index contributed by atoms with van der Waals surface area (Å²) in [4.78, 5) is 46.9. The van der Waals surface area contributed by atoms with Crippen molar-refractivity contribution in [2.24, 2.45) is 0 Å². The zero-order valence-electron chi connectivity index (χ0n) is 13.7. The highest BCUT2D eigenvalue weighted by molar-refractivity contribution is 8.13. The Hall–Kier alpha value is -2.62. The molecule has 1 aliphatic rings. The molecule has 0 aromatic heterocycles. The summed E-state index contributed by atoms with van der Waals surface area (Å²) in [7, 11) is 0. The van der Waals surface area contributed by atoms with Gasteiger partial charge in [-0.2, -0.15) is 0 Å². The first kappa shape index (κ1) is 18.7. The number of hydrogen-bond acceptors (Lipinski definition) is 7. The number of carbonyl (C=O) groups is 3. The van der Waals surface area contributed by atoms with E-state index in [-0.39, 0.29) is 23.2 Å². The quantitative estimate of drug-likeness (QED) is 0.463. The van der Waals surface area contributed by atoms with Crippen LogP contribution in [0, 0.1) is 24.0 Å². The molecular weight excluding hydrogens is 350 g/mol. The number of aryl methyl sites for hydroxylation is 1. The molecule has 2 amide bonds. The fourth-order valence-corrected chi connectivity index (χ4v) is 3.03. The van der Waals surface area contributed by atoms with Gasteiger partial charge in [0.1, 0.15) is 12.2 Å². The zero-order chi connectivity index (χ0) is 18.6. The van der Waals surface area contributed by atoms with Crippen molar-refractivity contribution in [2.75, 3.05) is 30.8 Å². The number of thioether (sulfide) groups is 1. The summed E-state index contributed by atoms with van der Waals surface area (Å²) in [6.45, 7) is 3.07. The number of ether oxygens (including phenoxy) is 1. The van der Waals surface area contributed by atoms with Gasteiger partial charge in [-0.05, 0) is 25.0 Å². The number of anilines is 1. The molecule has 134 valence electrons. The Morgan fingerprint density at radius 1 is 1.40 bits per heavy atom. The van der Waals surface area contributed by atoms with E-state index in [9.17, 15) is 24.5 Å². The summed E-state index contributed by atoms with van der Waals surface area (Å²) in [5.41, 5.74) is 1.19. The molecule has 0 radical (unpaired) electrons. The summed E-state index contributed by atoms with van der Waals surface area (Å²) in [5.74, 6) is -0.781. The van der Waals surface area contributed by atoms with Gasteiger partial charge in [0.25, 0.3) is 16.8 Å². The number of benzene rings is 1. The Bertz CT molecular complexity index is 736. The molecule has 1 aliphatic heterocycles. The number of nitro groups is 1. The largest absolute Gasteiger partial charge is 0.454 e. The van der Waals surface area contributed by atoms with Crippen molar-refractivity contribution in [3.63, 3.8) is 0 Å². The van der Waals surface area contributed by atoms with Gasteiger partial charge in [-0.3, -0.25) is 24.5 Å². The van der Waals surface area contributed by atoms with Crippen LogP contribution in [0.5, 0.6) is 0 Å². The Morgan fingerprint density at radius 2 is 2.12 bits per heavy atom. The third-order valence-corrected chi connectivity index (χ3v) is 4.60. The number of rotatable bonds is 6. The second-order valence-electron chi connectivity index (χ2n) is 5.40. The van der Waals surface area contributed by atoms with Crippen molar-refractivity contribution in [1.82, 2.24) is 4.90 Å². The van der Waals surface area contributed by atoms with Crippen molar-refractivity contribution in [1.29, 1.82) is 0 Å². The minimum absolute atomic E-state index is 0.0807. The molecule has 1 saturated heterocycles. The molecule has 1 heterocycles. The van der Waals surface area contributed by atoms with Crippen molar-refractivity contribution in [3.8, 4) is 0 Å². The van der Waals surface area contributed by atoms with E-state index < -0.39 is 23.4 Å². The molecular formula is C15H17N3O6S. The van der Waals surface area contributed by atoms with E-state index in [0.717, 1.165) is 17.3 Å². The van der Waals surface area contributed by atoms with Gasteiger partial charge in [0.2, 0.25) is 0 Å². The van der Waals surface area contributed by atoms with Gasteiger partial charge in [0.15, 0.2) is 6.61 Å². The SMILES string of the molecule is Cc1ccc([N+](=O)[O-])c(NC(=O)COC(=O)CN2CCSC2=O)c1C. The van der Waals surface area contributed by atoms with Crippen LogP contribution >= 0.6 is 11.8 Å². The van der Waals surface area contributed by atoms with E-state index in [0.29, 0.717) is 17.9 Å². The summed E-state index contributed by atoms with van der Waals surface area (Å²) >= 11 is 1.12. The first-order chi connectivity index (χ1) is 11.8. The van der Waals surface area contributed by atoms with Crippen LogP contribution in [-0.4, -0.2) is 52.4 Å². The van der Waals surface area contributed by atoms with Crippen LogP contribution in [-0.2, 0) is 14.3 Å². The Labute approximate surface area is 147 Å². The molecule has 0 atom stereocenters. The molecule has 2 rings (SSSR count).